The van der Waals surface area contributed by atoms with Gasteiger partial charge in [-0.3, -0.25) is 4.57 Å². The van der Waals surface area contributed by atoms with Gasteiger partial charge in [0.05, 0.1) is 18.1 Å². The maximum absolute atomic E-state index is 6.04. The molecule has 2 aromatic carbocycles. The van der Waals surface area contributed by atoms with Gasteiger partial charge in [0.15, 0.2) is 4.77 Å². The molecule has 3 aromatic rings. The van der Waals surface area contributed by atoms with Crippen LogP contribution in [0.15, 0.2) is 42.5 Å². The molecule has 0 amide bonds. The van der Waals surface area contributed by atoms with Crippen LogP contribution in [0, 0.1) is 4.77 Å². The third-order valence-corrected chi connectivity index (χ3v) is 3.48. The van der Waals surface area contributed by atoms with E-state index in [1.807, 2.05) is 47.0 Å². The van der Waals surface area contributed by atoms with Gasteiger partial charge in [0.25, 0.3) is 0 Å². The van der Waals surface area contributed by atoms with E-state index >= 15 is 0 Å². The molecule has 0 unspecified atom stereocenters. The Bertz CT molecular complexity index is 807. The molecule has 19 heavy (non-hydrogen) atoms. The van der Waals surface area contributed by atoms with Crippen molar-refractivity contribution in [3.05, 3.63) is 52.3 Å². The number of H-pyrrole nitrogens is 1. The van der Waals surface area contributed by atoms with E-state index in [1.165, 1.54) is 0 Å². The summed E-state index contributed by atoms with van der Waals surface area (Å²) in [6.07, 6.45) is 0. The number of aromatic nitrogens is 2. The number of aromatic amines is 1. The van der Waals surface area contributed by atoms with Crippen LogP contribution in [0.1, 0.15) is 0 Å². The van der Waals surface area contributed by atoms with Crippen molar-refractivity contribution in [2.75, 3.05) is 7.11 Å². The highest BCUT2D eigenvalue weighted by Gasteiger charge is 2.08. The fraction of sp³-hybridized carbons (Fsp3) is 0.0714. The minimum Gasteiger partial charge on any atom is -0.497 e. The van der Waals surface area contributed by atoms with Crippen molar-refractivity contribution in [2.24, 2.45) is 0 Å². The zero-order valence-electron chi connectivity index (χ0n) is 10.2. The third-order valence-electron chi connectivity index (χ3n) is 2.96. The number of imidazole rings is 1. The van der Waals surface area contributed by atoms with Crippen molar-refractivity contribution in [1.29, 1.82) is 0 Å². The number of nitrogens with zero attached hydrogens (tertiary/aromatic N) is 1. The van der Waals surface area contributed by atoms with Crippen LogP contribution in [-0.4, -0.2) is 16.7 Å². The lowest BCUT2D eigenvalue weighted by molar-refractivity contribution is 0.415. The topological polar surface area (TPSA) is 29.9 Å². The molecule has 0 bridgehead atoms. The minimum absolute atomic E-state index is 0.630. The summed E-state index contributed by atoms with van der Waals surface area (Å²) in [4.78, 5) is 3.18. The lowest BCUT2D eigenvalue weighted by Gasteiger charge is -2.06. The molecular weight excluding hydrogens is 280 g/mol. The molecule has 1 aromatic heterocycles. The highest BCUT2D eigenvalue weighted by Crippen LogP contribution is 2.25. The lowest BCUT2D eigenvalue weighted by atomic mass is 10.2. The first kappa shape index (κ1) is 12.3. The van der Waals surface area contributed by atoms with Gasteiger partial charge in [-0.1, -0.05) is 17.7 Å². The Kier molecular flexibility index (Phi) is 3.05. The molecule has 1 heterocycles. The minimum atomic E-state index is 0.630. The molecule has 0 atom stereocenters. The van der Waals surface area contributed by atoms with Crippen molar-refractivity contribution in [3.63, 3.8) is 0 Å². The predicted octanol–water partition coefficient (Wildman–Crippen LogP) is 4.35. The van der Waals surface area contributed by atoms with Gasteiger partial charge >= 0.3 is 0 Å². The molecule has 3 nitrogen and oxygen atoms in total. The van der Waals surface area contributed by atoms with Crippen LogP contribution in [0.2, 0.25) is 5.02 Å². The molecule has 0 spiro atoms. The zero-order valence-corrected chi connectivity index (χ0v) is 11.8. The quantitative estimate of drug-likeness (QED) is 0.711. The summed E-state index contributed by atoms with van der Waals surface area (Å²) < 4.78 is 7.83. The number of hydrogen-bond donors (Lipinski definition) is 1. The van der Waals surface area contributed by atoms with Crippen molar-refractivity contribution < 1.29 is 4.74 Å². The Morgan fingerprint density at radius 2 is 2.05 bits per heavy atom. The molecule has 0 fully saturated rings. The summed E-state index contributed by atoms with van der Waals surface area (Å²) in [5.41, 5.74) is 2.86. The van der Waals surface area contributed by atoms with Gasteiger partial charge in [-0.15, -0.1) is 0 Å². The molecule has 3 rings (SSSR count). The maximum atomic E-state index is 6.04. The summed E-state index contributed by atoms with van der Waals surface area (Å²) in [7, 11) is 1.64. The van der Waals surface area contributed by atoms with E-state index in [0.717, 1.165) is 22.5 Å². The molecule has 1 N–H and O–H groups in total. The summed E-state index contributed by atoms with van der Waals surface area (Å²) in [5, 5.41) is 0.677. The van der Waals surface area contributed by atoms with Crippen LogP contribution in [0.4, 0.5) is 0 Å². The second-order valence-corrected chi connectivity index (χ2v) is 4.95. The number of hydrogen-bond acceptors (Lipinski definition) is 2. The number of rotatable bonds is 2. The number of benzene rings is 2. The van der Waals surface area contributed by atoms with Crippen molar-refractivity contribution in [1.82, 2.24) is 9.55 Å². The maximum Gasteiger partial charge on any atom is 0.182 e. The van der Waals surface area contributed by atoms with E-state index in [-0.39, 0.29) is 0 Å². The van der Waals surface area contributed by atoms with Gasteiger partial charge in [0.2, 0.25) is 0 Å². The summed E-state index contributed by atoms with van der Waals surface area (Å²) in [6, 6.07) is 13.4. The Morgan fingerprint density at radius 1 is 1.21 bits per heavy atom. The fourth-order valence-electron chi connectivity index (χ4n) is 2.08. The highest BCUT2D eigenvalue weighted by atomic mass is 35.5. The van der Waals surface area contributed by atoms with Crippen LogP contribution >= 0.6 is 23.8 Å². The van der Waals surface area contributed by atoms with E-state index in [2.05, 4.69) is 4.98 Å². The molecule has 0 aliphatic carbocycles. The molecular formula is C14H11ClN2OS. The average Bonchev–Trinajstić information content (AvgIpc) is 2.73. The molecule has 96 valence electrons. The van der Waals surface area contributed by atoms with Gasteiger partial charge in [-0.05, 0) is 42.5 Å². The number of methoxy groups -OCH3 is 1. The molecule has 0 aliphatic rings. The first-order valence-corrected chi connectivity index (χ1v) is 6.52. The second kappa shape index (κ2) is 4.72. The zero-order chi connectivity index (χ0) is 13.4. The van der Waals surface area contributed by atoms with Gasteiger partial charge in [0, 0.05) is 16.8 Å². The standard InChI is InChI=1S/C14H11ClN2OS/c1-18-11-5-6-12-13(8-11)17(14(19)16-12)10-4-2-3-9(15)7-10/h2-8H,1H3,(H,16,19). The number of ether oxygens (including phenoxy) is 1. The Morgan fingerprint density at radius 3 is 2.79 bits per heavy atom. The lowest BCUT2D eigenvalue weighted by Crippen LogP contribution is -1.94. The van der Waals surface area contributed by atoms with Crippen LogP contribution in [0.5, 0.6) is 5.75 Å². The van der Waals surface area contributed by atoms with E-state index in [1.54, 1.807) is 7.11 Å². The van der Waals surface area contributed by atoms with E-state index in [4.69, 9.17) is 28.6 Å². The van der Waals surface area contributed by atoms with Gasteiger partial charge in [-0.25, -0.2) is 0 Å². The molecule has 0 saturated heterocycles. The fourth-order valence-corrected chi connectivity index (χ4v) is 2.58. The molecule has 0 saturated carbocycles. The highest BCUT2D eigenvalue weighted by molar-refractivity contribution is 7.71. The van der Waals surface area contributed by atoms with Crippen LogP contribution in [-0.2, 0) is 0 Å². The third kappa shape index (κ3) is 2.13. The van der Waals surface area contributed by atoms with Crippen LogP contribution in [0.3, 0.4) is 0 Å². The first-order valence-electron chi connectivity index (χ1n) is 5.74. The van der Waals surface area contributed by atoms with Crippen molar-refractivity contribution in [3.8, 4) is 11.4 Å². The molecule has 0 aliphatic heterocycles. The van der Waals surface area contributed by atoms with Crippen molar-refractivity contribution >= 4 is 34.9 Å². The van der Waals surface area contributed by atoms with Crippen LogP contribution < -0.4 is 4.74 Å². The van der Waals surface area contributed by atoms with E-state index in [0.29, 0.717) is 9.79 Å². The Hall–Kier alpha value is -1.78. The largest absolute Gasteiger partial charge is 0.497 e. The number of fused-ring (bicyclic) bond motifs is 1. The van der Waals surface area contributed by atoms with E-state index in [9.17, 15) is 0 Å². The summed E-state index contributed by atoms with van der Waals surface area (Å²) >= 11 is 11.4. The van der Waals surface area contributed by atoms with Crippen LogP contribution in [0.25, 0.3) is 16.7 Å². The summed E-state index contributed by atoms with van der Waals surface area (Å²) in [6.45, 7) is 0. The van der Waals surface area contributed by atoms with Gasteiger partial charge in [-0.2, -0.15) is 0 Å². The molecule has 5 heteroatoms. The SMILES string of the molecule is COc1ccc2[nH]c(=S)n(-c3cccc(Cl)c3)c2c1. The van der Waals surface area contributed by atoms with E-state index < -0.39 is 0 Å². The Labute approximate surface area is 120 Å². The average molecular weight is 291 g/mol. The Balaban J connectivity index is 2.33. The molecule has 0 radical (unpaired) electrons. The smallest absolute Gasteiger partial charge is 0.182 e. The normalized spacial score (nSPS) is 10.8. The van der Waals surface area contributed by atoms with Gasteiger partial charge in [0.1, 0.15) is 5.75 Å². The van der Waals surface area contributed by atoms with Crippen molar-refractivity contribution in [2.45, 2.75) is 0 Å². The first-order chi connectivity index (χ1) is 9.19. The number of halogens is 1. The predicted molar refractivity (Wildman–Crippen MR) is 80.0 cm³/mol. The number of nitrogens with one attached hydrogen (secondary N) is 1. The van der Waals surface area contributed by atoms with Gasteiger partial charge < -0.3 is 9.72 Å². The summed E-state index contributed by atoms with van der Waals surface area (Å²) in [5.74, 6) is 0.789. The monoisotopic (exact) mass is 290 g/mol. The second-order valence-electron chi connectivity index (χ2n) is 4.13.